The predicted molar refractivity (Wildman–Crippen MR) is 120 cm³/mol. The Labute approximate surface area is 183 Å². The van der Waals surface area contributed by atoms with Crippen LogP contribution in [-0.4, -0.2) is 50.1 Å². The van der Waals surface area contributed by atoms with E-state index < -0.39 is 0 Å². The van der Waals surface area contributed by atoms with Crippen LogP contribution in [0.2, 0.25) is 0 Å². The number of hydrogen-bond acceptors (Lipinski definition) is 4. The summed E-state index contributed by atoms with van der Waals surface area (Å²) >= 11 is 0. The van der Waals surface area contributed by atoms with Crippen molar-refractivity contribution in [2.24, 2.45) is 5.92 Å². The Morgan fingerprint density at radius 2 is 1.68 bits per heavy atom. The number of ether oxygens (including phenoxy) is 2. The normalized spacial score (nSPS) is 13.9. The Bertz CT molecular complexity index is 897. The van der Waals surface area contributed by atoms with Gasteiger partial charge in [-0.05, 0) is 49.2 Å². The van der Waals surface area contributed by atoms with E-state index in [9.17, 15) is 9.59 Å². The monoisotopic (exact) mass is 420 g/mol. The topological polar surface area (TPSA) is 59.1 Å². The van der Waals surface area contributed by atoms with E-state index in [4.69, 9.17) is 15.9 Å². The third-order valence-corrected chi connectivity index (χ3v) is 5.40. The molecule has 0 spiro atoms. The first-order valence-corrected chi connectivity index (χ1v) is 10.5. The lowest BCUT2D eigenvalue weighted by molar-refractivity contribution is -0.135. The molecule has 31 heavy (non-hydrogen) atoms. The molecule has 1 fully saturated rings. The highest BCUT2D eigenvalue weighted by Crippen LogP contribution is 2.24. The molecule has 0 atom stereocenters. The molecule has 6 nitrogen and oxygen atoms in total. The molecule has 0 aliphatic carbocycles. The van der Waals surface area contributed by atoms with E-state index in [0.717, 1.165) is 11.4 Å². The first-order valence-electron chi connectivity index (χ1n) is 10.5. The highest BCUT2D eigenvalue weighted by molar-refractivity contribution is 5.94. The summed E-state index contributed by atoms with van der Waals surface area (Å²) in [5, 5.41) is 0. The van der Waals surface area contributed by atoms with E-state index in [1.54, 1.807) is 24.1 Å². The minimum absolute atomic E-state index is 0.0665. The standard InChI is InChI=1S/C25H28N2O4/c1-3-18-30-23-11-9-21(10-12-23)26(2)25(29)20-13-16-27(17-14-20)24(28)15-19-31-22-7-5-4-6-8-22/h1,4-12,20H,13-19H2,2H3. The first kappa shape index (κ1) is 22.2. The summed E-state index contributed by atoms with van der Waals surface area (Å²) in [7, 11) is 1.78. The Kier molecular flexibility index (Phi) is 7.94. The summed E-state index contributed by atoms with van der Waals surface area (Å²) in [6.07, 6.45) is 6.86. The average molecular weight is 421 g/mol. The second kappa shape index (κ2) is 11.1. The molecule has 0 unspecified atom stereocenters. The Balaban J connectivity index is 1.43. The fourth-order valence-corrected chi connectivity index (χ4v) is 3.60. The Morgan fingerprint density at radius 3 is 2.32 bits per heavy atom. The van der Waals surface area contributed by atoms with E-state index in [-0.39, 0.29) is 24.3 Å². The molecule has 2 aromatic rings. The molecular weight excluding hydrogens is 392 g/mol. The van der Waals surface area contributed by atoms with Crippen LogP contribution in [0.15, 0.2) is 54.6 Å². The van der Waals surface area contributed by atoms with Gasteiger partial charge in [-0.3, -0.25) is 9.59 Å². The smallest absolute Gasteiger partial charge is 0.229 e. The molecule has 2 amide bonds. The lowest BCUT2D eigenvalue weighted by Crippen LogP contribution is -2.43. The molecule has 0 N–H and O–H groups in total. The molecule has 0 aromatic heterocycles. The lowest BCUT2D eigenvalue weighted by Gasteiger charge is -2.33. The third-order valence-electron chi connectivity index (χ3n) is 5.40. The van der Waals surface area contributed by atoms with E-state index in [1.807, 2.05) is 47.4 Å². The minimum atomic E-state index is -0.0908. The van der Waals surface area contributed by atoms with E-state index in [1.165, 1.54) is 0 Å². The van der Waals surface area contributed by atoms with Gasteiger partial charge in [0, 0.05) is 31.7 Å². The number of benzene rings is 2. The van der Waals surface area contributed by atoms with Crippen LogP contribution in [0.3, 0.4) is 0 Å². The quantitative estimate of drug-likeness (QED) is 0.615. The summed E-state index contributed by atoms with van der Waals surface area (Å²) < 4.78 is 11.0. The van der Waals surface area contributed by atoms with Crippen LogP contribution >= 0.6 is 0 Å². The SMILES string of the molecule is C#CCOc1ccc(N(C)C(=O)C2CCN(C(=O)CCOc3ccccc3)CC2)cc1. The van der Waals surface area contributed by atoms with Crippen LogP contribution in [-0.2, 0) is 9.59 Å². The molecule has 0 bridgehead atoms. The minimum Gasteiger partial charge on any atom is -0.493 e. The fourth-order valence-electron chi connectivity index (χ4n) is 3.60. The van der Waals surface area contributed by atoms with Crippen LogP contribution in [0.1, 0.15) is 19.3 Å². The van der Waals surface area contributed by atoms with Gasteiger partial charge >= 0.3 is 0 Å². The zero-order chi connectivity index (χ0) is 22.1. The van der Waals surface area contributed by atoms with Crippen molar-refractivity contribution in [3.63, 3.8) is 0 Å². The average Bonchev–Trinajstić information content (AvgIpc) is 2.83. The summed E-state index contributed by atoms with van der Waals surface area (Å²) in [4.78, 5) is 28.9. The molecule has 6 heteroatoms. The summed E-state index contributed by atoms with van der Waals surface area (Å²) in [6.45, 7) is 1.75. The van der Waals surface area contributed by atoms with Gasteiger partial charge in [0.05, 0.1) is 13.0 Å². The van der Waals surface area contributed by atoms with Gasteiger partial charge in [0.25, 0.3) is 0 Å². The molecule has 2 aromatic carbocycles. The molecule has 1 heterocycles. The number of anilines is 1. The summed E-state index contributed by atoms with van der Waals surface area (Å²) in [5.41, 5.74) is 0.801. The maximum atomic E-state index is 12.9. The Hall–Kier alpha value is -3.46. The van der Waals surface area contributed by atoms with Crippen molar-refractivity contribution in [2.75, 3.05) is 38.3 Å². The number of para-hydroxylation sites is 1. The zero-order valence-electron chi connectivity index (χ0n) is 17.8. The summed E-state index contributed by atoms with van der Waals surface area (Å²) in [5.74, 6) is 3.90. The lowest BCUT2D eigenvalue weighted by atomic mass is 9.95. The van der Waals surface area contributed by atoms with Crippen molar-refractivity contribution < 1.29 is 19.1 Å². The van der Waals surface area contributed by atoms with Crippen molar-refractivity contribution in [3.8, 4) is 23.8 Å². The van der Waals surface area contributed by atoms with Crippen LogP contribution in [0, 0.1) is 18.3 Å². The van der Waals surface area contributed by atoms with Crippen molar-refractivity contribution in [1.29, 1.82) is 0 Å². The van der Waals surface area contributed by atoms with E-state index in [2.05, 4.69) is 5.92 Å². The number of likely N-dealkylation sites (tertiary alicyclic amines) is 1. The number of nitrogens with zero attached hydrogens (tertiary/aromatic N) is 2. The fraction of sp³-hybridized carbons (Fsp3) is 0.360. The van der Waals surface area contributed by atoms with Gasteiger partial charge in [-0.1, -0.05) is 24.1 Å². The van der Waals surface area contributed by atoms with Crippen molar-refractivity contribution in [3.05, 3.63) is 54.6 Å². The van der Waals surface area contributed by atoms with Crippen molar-refractivity contribution >= 4 is 17.5 Å². The van der Waals surface area contributed by atoms with E-state index >= 15 is 0 Å². The molecule has 1 aliphatic heterocycles. The molecule has 162 valence electrons. The van der Waals surface area contributed by atoms with Crippen molar-refractivity contribution in [2.45, 2.75) is 19.3 Å². The van der Waals surface area contributed by atoms with E-state index in [0.29, 0.717) is 44.7 Å². The molecular formula is C25H28N2O4. The molecule has 0 saturated carbocycles. The number of terminal acetylenes is 1. The highest BCUT2D eigenvalue weighted by Gasteiger charge is 2.29. The van der Waals surface area contributed by atoms with Crippen LogP contribution in [0.4, 0.5) is 5.69 Å². The van der Waals surface area contributed by atoms with Gasteiger partial charge in [0.15, 0.2) is 0 Å². The maximum absolute atomic E-state index is 12.9. The zero-order valence-corrected chi connectivity index (χ0v) is 17.8. The Morgan fingerprint density at radius 1 is 1.03 bits per heavy atom. The molecule has 0 radical (unpaired) electrons. The van der Waals surface area contributed by atoms with Crippen LogP contribution < -0.4 is 14.4 Å². The van der Waals surface area contributed by atoms with Gasteiger partial charge in [-0.2, -0.15) is 0 Å². The second-order valence-electron chi connectivity index (χ2n) is 7.45. The molecule has 3 rings (SSSR count). The number of amides is 2. The van der Waals surface area contributed by atoms with Gasteiger partial charge in [-0.15, -0.1) is 6.42 Å². The van der Waals surface area contributed by atoms with Gasteiger partial charge < -0.3 is 19.3 Å². The number of hydrogen-bond donors (Lipinski definition) is 0. The molecule has 1 aliphatic rings. The number of carbonyl (C=O) groups is 2. The van der Waals surface area contributed by atoms with Gasteiger partial charge in [0.2, 0.25) is 11.8 Å². The molecule has 1 saturated heterocycles. The third kappa shape index (κ3) is 6.26. The highest BCUT2D eigenvalue weighted by atomic mass is 16.5. The van der Waals surface area contributed by atoms with Crippen molar-refractivity contribution in [1.82, 2.24) is 4.90 Å². The maximum Gasteiger partial charge on any atom is 0.229 e. The number of rotatable bonds is 8. The van der Waals surface area contributed by atoms with Gasteiger partial charge in [0.1, 0.15) is 18.1 Å². The summed E-state index contributed by atoms with van der Waals surface area (Å²) in [6, 6.07) is 16.8. The van der Waals surface area contributed by atoms with Gasteiger partial charge in [-0.25, -0.2) is 0 Å². The first-order chi connectivity index (χ1) is 15.1. The van der Waals surface area contributed by atoms with Crippen LogP contribution in [0.5, 0.6) is 11.5 Å². The second-order valence-corrected chi connectivity index (χ2v) is 7.45. The largest absolute Gasteiger partial charge is 0.493 e. The number of piperidine rings is 1. The predicted octanol–water partition coefficient (Wildman–Crippen LogP) is 3.37. The van der Waals surface area contributed by atoms with Crippen LogP contribution in [0.25, 0.3) is 0 Å². The number of carbonyl (C=O) groups excluding carboxylic acids is 2.